The Balaban J connectivity index is 2.21. The van der Waals surface area contributed by atoms with Crippen molar-refractivity contribution in [2.75, 3.05) is 5.75 Å². The second kappa shape index (κ2) is 5.69. The maximum absolute atomic E-state index is 12.4. The normalized spacial score (nSPS) is 11.3. The van der Waals surface area contributed by atoms with Gasteiger partial charge in [0.05, 0.1) is 10.9 Å². The van der Waals surface area contributed by atoms with Gasteiger partial charge in [0.15, 0.2) is 5.16 Å². The lowest BCUT2D eigenvalue weighted by molar-refractivity contribution is 0.748. The summed E-state index contributed by atoms with van der Waals surface area (Å²) < 4.78 is 1.09. The van der Waals surface area contributed by atoms with Gasteiger partial charge in [-0.05, 0) is 18.6 Å². The Kier molecular flexibility index (Phi) is 3.74. The standard InChI is InChI=1S/C14H14N4O2S/c1-2-3-8-21-14-16-12(19)11-15-10-7-5-4-6-9(10)13(20)18(11)17-14/h4-7H,2-3,8H2,1H3,(H,16,17,19). The molecule has 0 amide bonds. The zero-order valence-corrected chi connectivity index (χ0v) is 12.3. The first kappa shape index (κ1) is 13.8. The van der Waals surface area contributed by atoms with E-state index in [1.165, 1.54) is 11.8 Å². The number of fused-ring (bicyclic) bond motifs is 2. The summed E-state index contributed by atoms with van der Waals surface area (Å²) in [5, 5.41) is 5.11. The highest BCUT2D eigenvalue weighted by Crippen LogP contribution is 2.13. The van der Waals surface area contributed by atoms with Gasteiger partial charge in [0.25, 0.3) is 11.1 Å². The van der Waals surface area contributed by atoms with Crippen molar-refractivity contribution in [1.29, 1.82) is 0 Å². The van der Waals surface area contributed by atoms with Gasteiger partial charge in [0.1, 0.15) is 0 Å². The van der Waals surface area contributed by atoms with E-state index in [9.17, 15) is 9.59 Å². The lowest BCUT2D eigenvalue weighted by Crippen LogP contribution is -2.26. The molecule has 108 valence electrons. The molecule has 0 aliphatic carbocycles. The Labute approximate surface area is 124 Å². The van der Waals surface area contributed by atoms with Crippen LogP contribution in [0, 0.1) is 0 Å². The molecule has 0 fully saturated rings. The Morgan fingerprint density at radius 2 is 2.10 bits per heavy atom. The summed E-state index contributed by atoms with van der Waals surface area (Å²) in [5.41, 5.74) is -0.189. The van der Waals surface area contributed by atoms with Crippen molar-refractivity contribution in [1.82, 2.24) is 19.6 Å². The highest BCUT2D eigenvalue weighted by Gasteiger charge is 2.10. The van der Waals surface area contributed by atoms with E-state index >= 15 is 0 Å². The first-order valence-corrected chi connectivity index (χ1v) is 7.74. The first-order valence-electron chi connectivity index (χ1n) is 6.75. The number of benzene rings is 1. The molecule has 1 N–H and O–H groups in total. The Bertz CT molecular complexity index is 916. The van der Waals surface area contributed by atoms with Gasteiger partial charge in [-0.25, -0.2) is 4.98 Å². The average Bonchev–Trinajstić information content (AvgIpc) is 2.49. The minimum absolute atomic E-state index is 0.0264. The average molecular weight is 302 g/mol. The smallest absolute Gasteiger partial charge is 0.295 e. The van der Waals surface area contributed by atoms with E-state index in [2.05, 4.69) is 22.0 Å². The molecule has 0 bridgehead atoms. The molecule has 0 spiro atoms. The molecular weight excluding hydrogens is 288 g/mol. The van der Waals surface area contributed by atoms with Crippen LogP contribution in [0.25, 0.3) is 16.6 Å². The monoisotopic (exact) mass is 302 g/mol. The van der Waals surface area contributed by atoms with Gasteiger partial charge < -0.3 is 0 Å². The van der Waals surface area contributed by atoms with Crippen LogP contribution in [0.2, 0.25) is 0 Å². The van der Waals surface area contributed by atoms with Gasteiger partial charge in [-0.3, -0.25) is 14.6 Å². The molecule has 0 saturated carbocycles. The van der Waals surface area contributed by atoms with Gasteiger partial charge in [-0.2, -0.15) is 4.52 Å². The topological polar surface area (TPSA) is 80.1 Å². The first-order chi connectivity index (χ1) is 10.2. The molecule has 2 heterocycles. The number of rotatable bonds is 4. The van der Waals surface area contributed by atoms with Gasteiger partial charge in [-0.1, -0.05) is 37.2 Å². The number of aromatic amines is 1. The molecular formula is C14H14N4O2S. The summed E-state index contributed by atoms with van der Waals surface area (Å²) in [5.74, 6) is 0.848. The fourth-order valence-electron chi connectivity index (χ4n) is 2.01. The molecule has 2 aromatic heterocycles. The quantitative estimate of drug-likeness (QED) is 0.452. The van der Waals surface area contributed by atoms with Crippen LogP contribution in [0.5, 0.6) is 0 Å². The van der Waals surface area contributed by atoms with Crippen molar-refractivity contribution in [2.24, 2.45) is 0 Å². The summed E-state index contributed by atoms with van der Waals surface area (Å²) in [6.07, 6.45) is 2.09. The molecule has 0 aliphatic heterocycles. The van der Waals surface area contributed by atoms with Crippen molar-refractivity contribution in [3.05, 3.63) is 45.0 Å². The highest BCUT2D eigenvalue weighted by atomic mass is 32.2. The van der Waals surface area contributed by atoms with Gasteiger partial charge in [-0.15, -0.1) is 5.10 Å². The Morgan fingerprint density at radius 3 is 2.90 bits per heavy atom. The summed E-state index contributed by atoms with van der Waals surface area (Å²) in [7, 11) is 0. The van der Waals surface area contributed by atoms with Crippen molar-refractivity contribution in [2.45, 2.75) is 24.9 Å². The van der Waals surface area contributed by atoms with Crippen molar-refractivity contribution in [3.8, 4) is 0 Å². The number of aromatic nitrogens is 4. The third-order valence-corrected chi connectivity index (χ3v) is 4.05. The van der Waals surface area contributed by atoms with Crippen molar-refractivity contribution >= 4 is 28.3 Å². The minimum atomic E-state index is -0.396. The molecule has 3 aromatic rings. The largest absolute Gasteiger partial charge is 0.297 e. The van der Waals surface area contributed by atoms with Crippen LogP contribution in [0.4, 0.5) is 0 Å². The lowest BCUT2D eigenvalue weighted by atomic mass is 10.2. The SMILES string of the molecule is CCCCSc1nn2c(=O)c3ccccc3nc2c(=O)[nH]1. The van der Waals surface area contributed by atoms with E-state index in [0.717, 1.165) is 23.1 Å². The minimum Gasteiger partial charge on any atom is -0.297 e. The van der Waals surface area contributed by atoms with Gasteiger partial charge in [0.2, 0.25) is 5.65 Å². The molecule has 1 aromatic carbocycles. The van der Waals surface area contributed by atoms with Crippen LogP contribution in [0.1, 0.15) is 19.8 Å². The number of nitrogens with one attached hydrogen (secondary N) is 1. The van der Waals surface area contributed by atoms with Crippen LogP contribution >= 0.6 is 11.8 Å². The Hall–Kier alpha value is -2.15. The summed E-state index contributed by atoms with van der Waals surface area (Å²) in [4.78, 5) is 31.4. The fraction of sp³-hybridized carbons (Fsp3) is 0.286. The molecule has 0 radical (unpaired) electrons. The van der Waals surface area contributed by atoms with E-state index in [-0.39, 0.29) is 11.2 Å². The molecule has 0 saturated heterocycles. The zero-order valence-electron chi connectivity index (χ0n) is 11.5. The number of H-pyrrole nitrogens is 1. The highest BCUT2D eigenvalue weighted by molar-refractivity contribution is 7.99. The summed E-state index contributed by atoms with van der Waals surface area (Å²) in [6.45, 7) is 2.09. The summed E-state index contributed by atoms with van der Waals surface area (Å²) >= 11 is 1.43. The van der Waals surface area contributed by atoms with Crippen molar-refractivity contribution < 1.29 is 0 Å². The number of hydrogen-bond acceptors (Lipinski definition) is 5. The molecule has 21 heavy (non-hydrogen) atoms. The van der Waals surface area contributed by atoms with Crippen LogP contribution in [-0.4, -0.2) is 25.3 Å². The van der Waals surface area contributed by atoms with Crippen LogP contribution < -0.4 is 11.1 Å². The van der Waals surface area contributed by atoms with Gasteiger partial charge in [0, 0.05) is 5.75 Å². The third kappa shape index (κ3) is 2.56. The number of nitrogens with zero attached hydrogens (tertiary/aromatic N) is 3. The fourth-order valence-corrected chi connectivity index (χ4v) is 2.94. The Morgan fingerprint density at radius 1 is 1.29 bits per heavy atom. The molecule has 0 unspecified atom stereocenters. The molecule has 6 nitrogen and oxygen atoms in total. The predicted molar refractivity (Wildman–Crippen MR) is 83.0 cm³/mol. The van der Waals surface area contributed by atoms with Crippen LogP contribution in [0.3, 0.4) is 0 Å². The lowest BCUT2D eigenvalue weighted by Gasteiger charge is -2.04. The van der Waals surface area contributed by atoms with E-state index in [1.54, 1.807) is 24.3 Å². The number of para-hydroxylation sites is 1. The maximum atomic E-state index is 12.4. The molecule has 3 rings (SSSR count). The van der Waals surface area contributed by atoms with Crippen LogP contribution in [-0.2, 0) is 0 Å². The van der Waals surface area contributed by atoms with E-state index < -0.39 is 5.56 Å². The zero-order chi connectivity index (χ0) is 14.8. The number of hydrogen-bond donors (Lipinski definition) is 1. The van der Waals surface area contributed by atoms with Gasteiger partial charge >= 0.3 is 0 Å². The van der Waals surface area contributed by atoms with Crippen molar-refractivity contribution in [3.63, 3.8) is 0 Å². The second-order valence-corrected chi connectivity index (χ2v) is 5.71. The predicted octanol–water partition coefficient (Wildman–Crippen LogP) is 1.82. The van der Waals surface area contributed by atoms with E-state index in [0.29, 0.717) is 16.1 Å². The summed E-state index contributed by atoms with van der Waals surface area (Å²) in [6, 6.07) is 6.94. The second-order valence-electron chi connectivity index (χ2n) is 4.63. The number of thioether (sulfide) groups is 1. The van der Waals surface area contributed by atoms with E-state index in [4.69, 9.17) is 0 Å². The molecule has 0 atom stereocenters. The maximum Gasteiger partial charge on any atom is 0.295 e. The molecule has 7 heteroatoms. The number of unbranched alkanes of at least 4 members (excludes halogenated alkanes) is 1. The molecule has 0 aliphatic rings. The van der Waals surface area contributed by atoms with E-state index in [1.807, 2.05) is 0 Å². The third-order valence-electron chi connectivity index (χ3n) is 3.10. The van der Waals surface area contributed by atoms with Crippen LogP contribution in [0.15, 0.2) is 39.0 Å².